The van der Waals surface area contributed by atoms with Crippen LogP contribution in [0.4, 0.5) is 0 Å². The molecule has 5 aromatic rings. The van der Waals surface area contributed by atoms with E-state index >= 15 is 0 Å². The smallest absolute Gasteiger partial charge is 0.255 e. The summed E-state index contributed by atoms with van der Waals surface area (Å²) in [6.07, 6.45) is 0. The van der Waals surface area contributed by atoms with Gasteiger partial charge in [0.05, 0.1) is 17.6 Å². The van der Waals surface area contributed by atoms with Gasteiger partial charge in [-0.05, 0) is 17.7 Å². The lowest BCUT2D eigenvalue weighted by molar-refractivity contribution is 0.0992. The topological polar surface area (TPSA) is 39.3 Å². The van der Waals surface area contributed by atoms with Crippen molar-refractivity contribution in [3.63, 3.8) is 0 Å². The van der Waals surface area contributed by atoms with Crippen LogP contribution in [0.15, 0.2) is 84.9 Å². The Morgan fingerprint density at radius 2 is 1.39 bits per heavy atom. The summed E-state index contributed by atoms with van der Waals surface area (Å²) in [4.78, 5) is 18.2. The second kappa shape index (κ2) is 7.72. The molecule has 3 aromatic carbocycles. The molecule has 0 aliphatic carbocycles. The highest BCUT2D eigenvalue weighted by Crippen LogP contribution is 2.37. The molecule has 0 amide bonds. The first kappa shape index (κ1) is 20.1. The van der Waals surface area contributed by atoms with E-state index < -0.39 is 9.58 Å². The van der Waals surface area contributed by atoms with Crippen molar-refractivity contribution >= 4 is 57.4 Å². The van der Waals surface area contributed by atoms with Crippen molar-refractivity contribution in [1.29, 1.82) is 0 Å². The van der Waals surface area contributed by atoms with E-state index in [1.165, 1.54) is 0 Å². The molecule has 2 aromatic heterocycles. The van der Waals surface area contributed by atoms with Crippen molar-refractivity contribution in [1.82, 2.24) is 14.0 Å². The average molecular weight is 469 g/mol. The second-order valence-electron chi connectivity index (χ2n) is 7.20. The summed E-state index contributed by atoms with van der Waals surface area (Å²) in [5.41, 5.74) is 4.39. The standard InChI is InChI=1S/C24H16Cl3N3O/c25-24(26,27)22(31)21-20(17-11-5-2-6-12-17)28-23-29(15-16-9-3-1-4-10-16)18-13-7-8-14-19(18)30(21)23/h1-14H,15H2. The predicted octanol–water partition coefficient (Wildman–Crippen LogP) is 6.56. The van der Waals surface area contributed by atoms with E-state index in [9.17, 15) is 4.79 Å². The molecule has 0 radical (unpaired) electrons. The Morgan fingerprint density at radius 1 is 0.806 bits per heavy atom. The van der Waals surface area contributed by atoms with E-state index in [0.29, 0.717) is 18.0 Å². The van der Waals surface area contributed by atoms with E-state index in [1.807, 2.05) is 72.8 Å². The Morgan fingerprint density at radius 3 is 2.03 bits per heavy atom. The molecule has 0 aliphatic heterocycles. The zero-order valence-corrected chi connectivity index (χ0v) is 18.4. The van der Waals surface area contributed by atoms with Crippen LogP contribution in [-0.4, -0.2) is 23.5 Å². The number of fused-ring (bicyclic) bond motifs is 3. The number of ketones is 1. The van der Waals surface area contributed by atoms with Crippen LogP contribution in [0.1, 0.15) is 16.1 Å². The van der Waals surface area contributed by atoms with Gasteiger partial charge in [0, 0.05) is 5.56 Å². The predicted molar refractivity (Wildman–Crippen MR) is 126 cm³/mol. The quantitative estimate of drug-likeness (QED) is 0.221. The maximum Gasteiger partial charge on any atom is 0.255 e. The highest BCUT2D eigenvalue weighted by molar-refractivity contribution is 6.77. The molecule has 0 saturated carbocycles. The normalized spacial score (nSPS) is 12.0. The molecule has 4 nitrogen and oxygen atoms in total. The van der Waals surface area contributed by atoms with Gasteiger partial charge in [0.1, 0.15) is 11.4 Å². The van der Waals surface area contributed by atoms with E-state index in [4.69, 9.17) is 39.8 Å². The number of hydrogen-bond acceptors (Lipinski definition) is 2. The molecule has 0 saturated heterocycles. The molecule has 0 spiro atoms. The summed E-state index contributed by atoms with van der Waals surface area (Å²) in [6, 6.07) is 27.4. The molecule has 31 heavy (non-hydrogen) atoms. The first-order valence-corrected chi connectivity index (χ1v) is 10.8. The van der Waals surface area contributed by atoms with Crippen LogP contribution < -0.4 is 0 Å². The fourth-order valence-corrected chi connectivity index (χ4v) is 4.14. The maximum atomic E-state index is 13.3. The Labute approximate surface area is 193 Å². The van der Waals surface area contributed by atoms with Crippen LogP contribution >= 0.6 is 34.8 Å². The number of hydrogen-bond donors (Lipinski definition) is 0. The van der Waals surface area contributed by atoms with Crippen molar-refractivity contribution in [2.45, 2.75) is 10.3 Å². The molecule has 5 rings (SSSR count). The molecule has 2 heterocycles. The highest BCUT2D eigenvalue weighted by Gasteiger charge is 2.37. The van der Waals surface area contributed by atoms with Crippen LogP contribution in [0.3, 0.4) is 0 Å². The lowest BCUT2D eigenvalue weighted by Crippen LogP contribution is -2.21. The van der Waals surface area contributed by atoms with Crippen LogP contribution in [0, 0.1) is 0 Å². The number of para-hydroxylation sites is 2. The van der Waals surface area contributed by atoms with E-state index in [0.717, 1.165) is 22.2 Å². The first-order chi connectivity index (χ1) is 14.9. The molecule has 0 bridgehead atoms. The van der Waals surface area contributed by atoms with E-state index in [-0.39, 0.29) is 5.69 Å². The summed E-state index contributed by atoms with van der Waals surface area (Å²) < 4.78 is 1.76. The molecule has 7 heteroatoms. The highest BCUT2D eigenvalue weighted by atomic mass is 35.6. The molecule has 0 unspecified atom stereocenters. The number of rotatable bonds is 4. The zero-order valence-electron chi connectivity index (χ0n) is 16.2. The van der Waals surface area contributed by atoms with Gasteiger partial charge >= 0.3 is 0 Å². The van der Waals surface area contributed by atoms with Gasteiger partial charge in [-0.1, -0.05) is 108 Å². The van der Waals surface area contributed by atoms with Gasteiger partial charge in [-0.25, -0.2) is 4.98 Å². The number of carbonyl (C=O) groups excluding carboxylic acids is 1. The number of imidazole rings is 2. The zero-order chi connectivity index (χ0) is 21.6. The van der Waals surface area contributed by atoms with Gasteiger partial charge in [0.2, 0.25) is 11.6 Å². The summed E-state index contributed by atoms with van der Waals surface area (Å²) in [7, 11) is 0. The van der Waals surface area contributed by atoms with E-state index in [2.05, 4.69) is 16.7 Å². The van der Waals surface area contributed by atoms with E-state index in [1.54, 1.807) is 4.40 Å². The van der Waals surface area contributed by atoms with Gasteiger partial charge in [0.15, 0.2) is 0 Å². The first-order valence-electron chi connectivity index (χ1n) is 9.65. The summed E-state index contributed by atoms with van der Waals surface area (Å²) in [5.74, 6) is -0.00651. The Bertz CT molecular complexity index is 1400. The summed E-state index contributed by atoms with van der Waals surface area (Å²) >= 11 is 18.2. The third kappa shape index (κ3) is 3.51. The fraction of sp³-hybridized carbons (Fsp3) is 0.0833. The number of carbonyl (C=O) groups is 1. The van der Waals surface area contributed by atoms with Crippen molar-refractivity contribution in [2.75, 3.05) is 0 Å². The van der Waals surface area contributed by atoms with Crippen LogP contribution in [0.2, 0.25) is 0 Å². The van der Waals surface area contributed by atoms with Gasteiger partial charge in [-0.15, -0.1) is 0 Å². The largest absolute Gasteiger partial charge is 0.305 e. The summed E-state index contributed by atoms with van der Waals surface area (Å²) in [6.45, 7) is 0.588. The molecular formula is C24H16Cl3N3O. The van der Waals surface area contributed by atoms with Gasteiger partial charge in [-0.2, -0.15) is 0 Å². The number of Topliss-reactive ketones (excluding diaryl/α,β-unsaturated/α-hetero) is 1. The minimum absolute atomic E-state index is 0.254. The number of aromatic nitrogens is 3. The maximum absolute atomic E-state index is 13.3. The number of benzene rings is 3. The van der Waals surface area contributed by atoms with Crippen molar-refractivity contribution in [3.05, 3.63) is 96.2 Å². The number of alkyl halides is 3. The molecule has 0 N–H and O–H groups in total. The number of nitrogens with zero attached hydrogens (tertiary/aromatic N) is 3. The Balaban J connectivity index is 1.87. The van der Waals surface area contributed by atoms with Gasteiger partial charge < -0.3 is 4.57 Å². The number of halogens is 3. The minimum atomic E-state index is -2.11. The van der Waals surface area contributed by atoms with Crippen LogP contribution in [0.5, 0.6) is 0 Å². The van der Waals surface area contributed by atoms with Crippen molar-refractivity contribution in [2.24, 2.45) is 0 Å². The lowest BCUT2D eigenvalue weighted by Gasteiger charge is -2.11. The molecule has 0 fully saturated rings. The second-order valence-corrected chi connectivity index (χ2v) is 9.48. The lowest BCUT2D eigenvalue weighted by atomic mass is 10.1. The van der Waals surface area contributed by atoms with Gasteiger partial charge in [-0.3, -0.25) is 9.20 Å². The molecular weight excluding hydrogens is 453 g/mol. The Kier molecular flexibility index (Phi) is 5.01. The minimum Gasteiger partial charge on any atom is -0.305 e. The average Bonchev–Trinajstić information content (AvgIpc) is 3.30. The molecule has 0 atom stereocenters. The van der Waals surface area contributed by atoms with Crippen LogP contribution in [0.25, 0.3) is 28.1 Å². The van der Waals surface area contributed by atoms with Crippen LogP contribution in [-0.2, 0) is 6.54 Å². The molecule has 154 valence electrons. The molecule has 0 aliphatic rings. The monoisotopic (exact) mass is 467 g/mol. The third-order valence-electron chi connectivity index (χ3n) is 5.22. The summed E-state index contributed by atoms with van der Waals surface area (Å²) in [5, 5.41) is 0. The van der Waals surface area contributed by atoms with Crippen molar-refractivity contribution in [3.8, 4) is 11.3 Å². The fourth-order valence-electron chi connectivity index (χ4n) is 3.87. The SMILES string of the molecule is O=C(c1c(-c2ccccc2)nc2n(Cc3ccccc3)c3ccccc3n12)C(Cl)(Cl)Cl. The van der Waals surface area contributed by atoms with Crippen molar-refractivity contribution < 1.29 is 4.79 Å². The van der Waals surface area contributed by atoms with Gasteiger partial charge in [0.25, 0.3) is 3.79 Å². The third-order valence-corrected chi connectivity index (χ3v) is 5.73. The Hall–Kier alpha value is -2.79.